The van der Waals surface area contributed by atoms with Crippen LogP contribution in [0.1, 0.15) is 44.7 Å². The summed E-state index contributed by atoms with van der Waals surface area (Å²) in [6, 6.07) is 17.3. The number of allylic oxidation sites excluding steroid dienone is 3. The van der Waals surface area contributed by atoms with Gasteiger partial charge in [0.05, 0.1) is 30.0 Å². The Kier molecular flexibility index (Phi) is 8.85. The Hall–Kier alpha value is -2.41. The number of benzene rings is 2. The van der Waals surface area contributed by atoms with E-state index in [0.29, 0.717) is 39.4 Å². The molecule has 0 aliphatic carbocycles. The van der Waals surface area contributed by atoms with Gasteiger partial charge in [-0.3, -0.25) is 9.46 Å². The zero-order valence-electron chi connectivity index (χ0n) is 22.6. The third-order valence-electron chi connectivity index (χ3n) is 6.67. The fraction of sp³-hybridized carbons (Fsp3) is 0.414. The maximum absolute atomic E-state index is 14.2. The van der Waals surface area contributed by atoms with Crippen LogP contribution in [0, 0.1) is 5.41 Å². The maximum atomic E-state index is 14.2. The van der Waals surface area contributed by atoms with Gasteiger partial charge in [-0.2, -0.15) is 0 Å². The van der Waals surface area contributed by atoms with Gasteiger partial charge in [0.1, 0.15) is 6.61 Å². The molecule has 1 atom stereocenters. The first-order valence-corrected chi connectivity index (χ1v) is 14.6. The Bertz CT molecular complexity index is 1280. The molecule has 1 N–H and O–H groups in total. The lowest BCUT2D eigenvalue weighted by Gasteiger charge is -2.39. The van der Waals surface area contributed by atoms with Gasteiger partial charge in [-0.1, -0.05) is 67.9 Å². The molecule has 0 bridgehead atoms. The van der Waals surface area contributed by atoms with Crippen molar-refractivity contribution >= 4 is 25.2 Å². The Morgan fingerprint density at radius 2 is 1.79 bits per heavy atom. The second-order valence-electron chi connectivity index (χ2n) is 10.7. The van der Waals surface area contributed by atoms with E-state index >= 15 is 0 Å². The van der Waals surface area contributed by atoms with Gasteiger partial charge in [0.25, 0.3) is 0 Å². The Balaban J connectivity index is 1.59. The van der Waals surface area contributed by atoms with Gasteiger partial charge in [0, 0.05) is 34.9 Å². The predicted octanol–water partition coefficient (Wildman–Crippen LogP) is 6.47. The van der Waals surface area contributed by atoms with Crippen LogP contribution in [-0.2, 0) is 29.7 Å². The number of rotatable bonds is 8. The molecule has 0 saturated carbocycles. The third kappa shape index (κ3) is 6.59. The smallest absolute Gasteiger partial charge is 0.360 e. The highest BCUT2D eigenvalue weighted by molar-refractivity contribution is 7.58. The van der Waals surface area contributed by atoms with Crippen LogP contribution in [-0.4, -0.2) is 44.3 Å². The minimum atomic E-state index is -3.72. The summed E-state index contributed by atoms with van der Waals surface area (Å²) >= 11 is 6.35. The number of likely N-dealkylation sites (N-methyl/N-ethyl adjacent to an activating group) is 1. The number of ether oxygens (including phenoxy) is 1. The molecule has 2 aromatic rings. The molecule has 38 heavy (non-hydrogen) atoms. The lowest BCUT2D eigenvalue weighted by molar-refractivity contribution is -0.139. The zero-order chi connectivity index (χ0) is 27.5. The van der Waals surface area contributed by atoms with Crippen LogP contribution >= 0.6 is 19.2 Å². The summed E-state index contributed by atoms with van der Waals surface area (Å²) in [4.78, 5) is 15.7. The van der Waals surface area contributed by atoms with Gasteiger partial charge < -0.3 is 19.1 Å². The van der Waals surface area contributed by atoms with Crippen LogP contribution in [0.4, 0.5) is 0 Å². The van der Waals surface area contributed by atoms with Crippen molar-refractivity contribution in [3.05, 3.63) is 93.0 Å². The van der Waals surface area contributed by atoms with E-state index in [-0.39, 0.29) is 25.2 Å². The molecule has 2 aliphatic rings. The zero-order valence-corrected chi connectivity index (χ0v) is 24.3. The van der Waals surface area contributed by atoms with Gasteiger partial charge in [-0.15, -0.1) is 0 Å². The Labute approximate surface area is 230 Å². The second-order valence-corrected chi connectivity index (χ2v) is 13.2. The number of esters is 1. The molecule has 2 heterocycles. The highest BCUT2D eigenvalue weighted by atomic mass is 35.5. The van der Waals surface area contributed by atoms with Crippen LogP contribution in [0.5, 0.6) is 0 Å². The highest BCUT2D eigenvalue weighted by Crippen LogP contribution is 2.66. The molecule has 7 nitrogen and oxygen atoms in total. The molecule has 1 unspecified atom stereocenters. The Morgan fingerprint density at radius 3 is 2.45 bits per heavy atom. The minimum absolute atomic E-state index is 0.206. The second kappa shape index (κ2) is 11.8. The number of carbonyl (C=O) groups excluding carboxylic acids is 1. The van der Waals surface area contributed by atoms with Crippen molar-refractivity contribution in [2.24, 2.45) is 5.41 Å². The normalized spacial score (nSPS) is 20.9. The van der Waals surface area contributed by atoms with E-state index in [0.717, 1.165) is 6.54 Å². The molecule has 1 saturated heterocycles. The average Bonchev–Trinajstić information content (AvgIpc) is 2.86. The number of hydrogen-bond acceptors (Lipinski definition) is 7. The monoisotopic (exact) mass is 558 g/mol. The summed E-state index contributed by atoms with van der Waals surface area (Å²) in [5, 5.41) is 4.15. The molecule has 204 valence electrons. The SMILES string of the molecule is CC1=C(C(=O)OCCN(C)Cc2ccccc2)C(c2cccc(Cl)c2)C(P2(=O)OCC(C)(C)CO2)=C(C)N1. The number of halogens is 1. The average molecular weight is 559 g/mol. The van der Waals surface area contributed by atoms with Gasteiger partial charge >= 0.3 is 13.6 Å². The number of nitrogens with zero attached hydrogens (tertiary/aromatic N) is 1. The fourth-order valence-electron chi connectivity index (χ4n) is 4.71. The summed E-state index contributed by atoms with van der Waals surface area (Å²) in [5.74, 6) is -1.18. The van der Waals surface area contributed by atoms with E-state index in [2.05, 4.69) is 22.3 Å². The highest BCUT2D eigenvalue weighted by Gasteiger charge is 2.48. The van der Waals surface area contributed by atoms with E-state index in [9.17, 15) is 9.36 Å². The lowest BCUT2D eigenvalue weighted by atomic mass is 9.86. The number of carbonyl (C=O) groups is 1. The van der Waals surface area contributed by atoms with Crippen LogP contribution in [0.25, 0.3) is 0 Å². The Morgan fingerprint density at radius 1 is 1.11 bits per heavy atom. The molecule has 2 aliphatic heterocycles. The molecule has 4 rings (SSSR count). The van der Waals surface area contributed by atoms with E-state index in [4.69, 9.17) is 25.4 Å². The van der Waals surface area contributed by atoms with E-state index in [1.807, 2.05) is 65.1 Å². The molecule has 0 aromatic heterocycles. The molecular formula is C29H36ClN2O5P. The summed E-state index contributed by atoms with van der Waals surface area (Å²) in [5.41, 5.74) is 3.26. The molecule has 0 radical (unpaired) electrons. The van der Waals surface area contributed by atoms with Crippen molar-refractivity contribution in [2.75, 3.05) is 33.4 Å². The van der Waals surface area contributed by atoms with E-state index < -0.39 is 19.5 Å². The van der Waals surface area contributed by atoms with Crippen molar-refractivity contribution in [2.45, 2.75) is 40.2 Å². The van der Waals surface area contributed by atoms with Crippen LogP contribution in [0.3, 0.4) is 0 Å². The van der Waals surface area contributed by atoms with Crippen LogP contribution < -0.4 is 5.32 Å². The maximum Gasteiger partial charge on any atom is 0.360 e. The molecule has 0 spiro atoms. The predicted molar refractivity (Wildman–Crippen MR) is 150 cm³/mol. The van der Waals surface area contributed by atoms with Crippen molar-refractivity contribution in [3.8, 4) is 0 Å². The molecule has 0 amide bonds. The van der Waals surface area contributed by atoms with Gasteiger partial charge in [-0.25, -0.2) is 4.79 Å². The largest absolute Gasteiger partial charge is 0.461 e. The third-order valence-corrected chi connectivity index (χ3v) is 9.03. The van der Waals surface area contributed by atoms with E-state index in [1.54, 1.807) is 12.1 Å². The first-order valence-electron chi connectivity index (χ1n) is 12.7. The van der Waals surface area contributed by atoms with Crippen molar-refractivity contribution < 1.29 is 23.1 Å². The minimum Gasteiger partial charge on any atom is -0.461 e. The number of hydrogen-bond donors (Lipinski definition) is 1. The quantitative estimate of drug-likeness (QED) is 0.294. The summed E-state index contributed by atoms with van der Waals surface area (Å²) in [7, 11) is -1.74. The molecule has 1 fully saturated rings. The summed E-state index contributed by atoms with van der Waals surface area (Å²) in [6.07, 6.45) is 0. The van der Waals surface area contributed by atoms with Crippen LogP contribution in [0.2, 0.25) is 5.02 Å². The topological polar surface area (TPSA) is 77.1 Å². The van der Waals surface area contributed by atoms with Gasteiger partial charge in [-0.05, 0) is 44.2 Å². The first-order chi connectivity index (χ1) is 18.0. The van der Waals surface area contributed by atoms with E-state index in [1.165, 1.54) is 5.56 Å². The lowest BCUT2D eigenvalue weighted by Crippen LogP contribution is -2.34. The standard InChI is InChI=1S/C29H36ClN2O5P/c1-20-25(28(33)35-15-14-32(5)17-22-10-7-6-8-11-22)26(23-12-9-13-24(30)16-23)27(21(2)31-20)38(34)36-18-29(3,4)19-37-38/h6-13,16,26,31H,14-15,17-19H2,1-5H3. The first kappa shape index (κ1) is 28.6. The fourth-order valence-corrected chi connectivity index (χ4v) is 7.36. The summed E-state index contributed by atoms with van der Waals surface area (Å²) < 4.78 is 31.8. The van der Waals surface area contributed by atoms with Crippen molar-refractivity contribution in [1.82, 2.24) is 10.2 Å². The van der Waals surface area contributed by atoms with Gasteiger partial charge in [0.15, 0.2) is 0 Å². The summed E-state index contributed by atoms with van der Waals surface area (Å²) in [6.45, 7) is 9.69. The number of nitrogens with one attached hydrogen (secondary N) is 1. The van der Waals surface area contributed by atoms with Crippen molar-refractivity contribution in [1.29, 1.82) is 0 Å². The van der Waals surface area contributed by atoms with Crippen LogP contribution in [0.15, 0.2) is 76.9 Å². The number of dihydropyridines is 1. The molecular weight excluding hydrogens is 523 g/mol. The molecule has 9 heteroatoms. The van der Waals surface area contributed by atoms with Crippen molar-refractivity contribution in [3.63, 3.8) is 0 Å². The van der Waals surface area contributed by atoms with Gasteiger partial charge in [0.2, 0.25) is 0 Å². The molecule has 2 aromatic carbocycles.